The van der Waals surface area contributed by atoms with Gasteiger partial charge in [-0.2, -0.15) is 5.10 Å². The molecule has 0 radical (unpaired) electrons. The van der Waals surface area contributed by atoms with Crippen LogP contribution in [0.2, 0.25) is 0 Å². The quantitative estimate of drug-likeness (QED) is 0.599. The third-order valence-corrected chi connectivity index (χ3v) is 4.49. The fourth-order valence-electron chi connectivity index (χ4n) is 3.06. The predicted molar refractivity (Wildman–Crippen MR) is 97.1 cm³/mol. The van der Waals surface area contributed by atoms with Gasteiger partial charge in [-0.15, -0.1) is 0 Å². The average Bonchev–Trinajstić information content (AvgIpc) is 2.63. The minimum absolute atomic E-state index is 0.145. The molecule has 1 aliphatic rings. The lowest BCUT2D eigenvalue weighted by molar-refractivity contribution is -0.384. The molecule has 0 N–H and O–H groups in total. The number of amides is 1. The van der Waals surface area contributed by atoms with E-state index in [2.05, 4.69) is 5.10 Å². The molecule has 1 aromatic heterocycles. The van der Waals surface area contributed by atoms with E-state index in [4.69, 9.17) is 4.74 Å². The fourth-order valence-corrected chi connectivity index (χ4v) is 3.06. The second-order valence-corrected chi connectivity index (χ2v) is 6.61. The molecule has 9 nitrogen and oxygen atoms in total. The van der Waals surface area contributed by atoms with Crippen molar-refractivity contribution in [3.63, 3.8) is 0 Å². The Morgan fingerprint density at radius 2 is 2.04 bits per heavy atom. The molecular formula is C18H20N4O5. The minimum Gasteiger partial charge on any atom is -0.375 e. The number of morpholine rings is 1. The normalized spacial score (nSPS) is 19.7. The van der Waals surface area contributed by atoms with E-state index in [1.54, 1.807) is 24.0 Å². The number of ether oxygens (including phenoxy) is 1. The van der Waals surface area contributed by atoms with Crippen LogP contribution in [0.15, 0.2) is 35.1 Å². The summed E-state index contributed by atoms with van der Waals surface area (Å²) in [6.07, 6.45) is -0.145. The Labute approximate surface area is 155 Å². The van der Waals surface area contributed by atoms with E-state index >= 15 is 0 Å². The van der Waals surface area contributed by atoms with Crippen molar-refractivity contribution < 1.29 is 14.5 Å². The summed E-state index contributed by atoms with van der Waals surface area (Å²) >= 11 is 0. The smallest absolute Gasteiger partial charge is 0.294 e. The number of nitro benzene ring substituents is 1. The summed E-state index contributed by atoms with van der Waals surface area (Å²) in [6, 6.07) is 7.12. The van der Waals surface area contributed by atoms with E-state index in [0.29, 0.717) is 18.8 Å². The molecule has 1 aliphatic heterocycles. The zero-order valence-electron chi connectivity index (χ0n) is 15.3. The van der Waals surface area contributed by atoms with Gasteiger partial charge in [0.05, 0.1) is 23.7 Å². The SMILES string of the molecule is Cc1cc(=O)c(C(=O)N2CC(C)OCC2C)nn1-c1ccccc1[N+](=O)[O-]. The summed E-state index contributed by atoms with van der Waals surface area (Å²) in [4.78, 5) is 37.7. The number of benzene rings is 1. The number of rotatable bonds is 3. The van der Waals surface area contributed by atoms with Crippen LogP contribution in [-0.4, -0.2) is 50.8 Å². The first-order valence-corrected chi connectivity index (χ1v) is 8.57. The Morgan fingerprint density at radius 1 is 1.33 bits per heavy atom. The van der Waals surface area contributed by atoms with Gasteiger partial charge >= 0.3 is 0 Å². The molecule has 2 aromatic rings. The number of para-hydroxylation sites is 2. The van der Waals surface area contributed by atoms with Gasteiger partial charge in [0.15, 0.2) is 5.69 Å². The number of nitro groups is 1. The second kappa shape index (κ2) is 7.28. The third-order valence-electron chi connectivity index (χ3n) is 4.49. The number of aryl methyl sites for hydroxylation is 1. The molecular weight excluding hydrogens is 352 g/mol. The van der Waals surface area contributed by atoms with Crippen LogP contribution in [-0.2, 0) is 4.74 Å². The van der Waals surface area contributed by atoms with Crippen LogP contribution >= 0.6 is 0 Å². The molecule has 2 heterocycles. The molecule has 3 rings (SSSR count). The van der Waals surface area contributed by atoms with Crippen molar-refractivity contribution >= 4 is 11.6 Å². The molecule has 2 unspecified atom stereocenters. The number of aromatic nitrogens is 2. The highest BCUT2D eigenvalue weighted by Gasteiger charge is 2.31. The molecule has 0 bridgehead atoms. The predicted octanol–water partition coefficient (Wildman–Crippen LogP) is 1.70. The maximum absolute atomic E-state index is 13.0. The summed E-state index contributed by atoms with van der Waals surface area (Å²) in [5.41, 5.74) is -0.353. The molecule has 1 aromatic carbocycles. The number of hydrogen-bond donors (Lipinski definition) is 0. The molecule has 9 heteroatoms. The van der Waals surface area contributed by atoms with E-state index in [0.717, 1.165) is 0 Å². The largest absolute Gasteiger partial charge is 0.375 e. The Morgan fingerprint density at radius 3 is 2.74 bits per heavy atom. The maximum atomic E-state index is 13.0. The molecule has 1 amide bonds. The van der Waals surface area contributed by atoms with Crippen LogP contribution < -0.4 is 5.43 Å². The Kier molecular flexibility index (Phi) is 5.04. The van der Waals surface area contributed by atoms with Crippen molar-refractivity contribution in [3.05, 3.63) is 62.1 Å². The average molecular weight is 372 g/mol. The van der Waals surface area contributed by atoms with Crippen molar-refractivity contribution in [2.24, 2.45) is 0 Å². The van der Waals surface area contributed by atoms with Crippen LogP contribution in [0, 0.1) is 17.0 Å². The highest BCUT2D eigenvalue weighted by atomic mass is 16.6. The van der Waals surface area contributed by atoms with Gasteiger partial charge in [0.25, 0.3) is 11.6 Å². The zero-order valence-corrected chi connectivity index (χ0v) is 15.3. The number of carbonyl (C=O) groups excluding carboxylic acids is 1. The lowest BCUT2D eigenvalue weighted by Crippen LogP contribution is -2.51. The molecule has 2 atom stereocenters. The van der Waals surface area contributed by atoms with E-state index in [1.807, 2.05) is 13.8 Å². The Hall–Kier alpha value is -3.07. The second-order valence-electron chi connectivity index (χ2n) is 6.61. The van der Waals surface area contributed by atoms with E-state index in [-0.39, 0.29) is 29.2 Å². The summed E-state index contributed by atoms with van der Waals surface area (Å²) in [5, 5.41) is 15.5. The fraction of sp³-hybridized carbons (Fsp3) is 0.389. The topological polar surface area (TPSA) is 108 Å². The van der Waals surface area contributed by atoms with Crippen molar-refractivity contribution in [1.82, 2.24) is 14.7 Å². The zero-order chi connectivity index (χ0) is 19.7. The first-order chi connectivity index (χ1) is 12.8. The molecule has 1 fully saturated rings. The van der Waals surface area contributed by atoms with E-state index in [1.165, 1.54) is 22.9 Å². The first kappa shape index (κ1) is 18.7. The highest BCUT2D eigenvalue weighted by Crippen LogP contribution is 2.22. The van der Waals surface area contributed by atoms with Crippen LogP contribution in [0.25, 0.3) is 5.69 Å². The summed E-state index contributed by atoms with van der Waals surface area (Å²) in [5.74, 6) is -0.505. The van der Waals surface area contributed by atoms with Crippen molar-refractivity contribution in [1.29, 1.82) is 0 Å². The van der Waals surface area contributed by atoms with Gasteiger partial charge in [0, 0.05) is 24.4 Å². The van der Waals surface area contributed by atoms with Crippen LogP contribution in [0.1, 0.15) is 30.0 Å². The molecule has 1 saturated heterocycles. The third kappa shape index (κ3) is 3.59. The van der Waals surface area contributed by atoms with Gasteiger partial charge in [-0.3, -0.25) is 19.7 Å². The molecule has 142 valence electrons. The van der Waals surface area contributed by atoms with Gasteiger partial charge in [-0.25, -0.2) is 4.68 Å². The maximum Gasteiger partial charge on any atom is 0.294 e. The van der Waals surface area contributed by atoms with Crippen molar-refractivity contribution in [3.8, 4) is 5.69 Å². The standard InChI is InChI=1S/C18H20N4O5/c1-11-8-16(23)17(18(24)20-9-13(3)27-10-12(20)2)19-21(11)14-6-4-5-7-15(14)22(25)26/h4-8,12-13H,9-10H2,1-3H3. The minimum atomic E-state index is -0.526. The van der Waals surface area contributed by atoms with Crippen molar-refractivity contribution in [2.45, 2.75) is 32.9 Å². The van der Waals surface area contributed by atoms with Gasteiger partial charge in [0.1, 0.15) is 5.69 Å². The van der Waals surface area contributed by atoms with Crippen LogP contribution in [0.5, 0.6) is 0 Å². The summed E-state index contributed by atoms with van der Waals surface area (Å²) in [6.45, 7) is 6.01. The van der Waals surface area contributed by atoms with Crippen molar-refractivity contribution in [2.75, 3.05) is 13.2 Å². The Balaban J connectivity index is 2.09. The monoisotopic (exact) mass is 372 g/mol. The van der Waals surface area contributed by atoms with Gasteiger partial charge in [-0.1, -0.05) is 12.1 Å². The number of nitrogens with zero attached hydrogens (tertiary/aromatic N) is 4. The number of hydrogen-bond acceptors (Lipinski definition) is 6. The highest BCUT2D eigenvalue weighted by molar-refractivity contribution is 5.92. The Bertz CT molecular complexity index is 955. The molecule has 27 heavy (non-hydrogen) atoms. The van der Waals surface area contributed by atoms with Gasteiger partial charge in [-0.05, 0) is 26.8 Å². The summed E-state index contributed by atoms with van der Waals surface area (Å²) in [7, 11) is 0. The molecule has 0 aliphatic carbocycles. The number of carbonyl (C=O) groups is 1. The molecule has 0 spiro atoms. The first-order valence-electron chi connectivity index (χ1n) is 8.57. The molecule has 0 saturated carbocycles. The van der Waals surface area contributed by atoms with Crippen LogP contribution in [0.3, 0.4) is 0 Å². The van der Waals surface area contributed by atoms with E-state index in [9.17, 15) is 19.7 Å². The van der Waals surface area contributed by atoms with Gasteiger partial charge < -0.3 is 9.64 Å². The lowest BCUT2D eigenvalue weighted by Gasteiger charge is -2.36. The van der Waals surface area contributed by atoms with Crippen LogP contribution in [0.4, 0.5) is 5.69 Å². The lowest BCUT2D eigenvalue weighted by atomic mass is 10.2. The van der Waals surface area contributed by atoms with E-state index < -0.39 is 16.3 Å². The summed E-state index contributed by atoms with van der Waals surface area (Å²) < 4.78 is 6.78. The van der Waals surface area contributed by atoms with Gasteiger partial charge in [0.2, 0.25) is 5.43 Å².